The highest BCUT2D eigenvalue weighted by atomic mass is 19.1. The van der Waals surface area contributed by atoms with E-state index in [2.05, 4.69) is 20.8 Å². The average molecular weight is 206 g/mol. The van der Waals surface area contributed by atoms with Crippen LogP contribution in [0.1, 0.15) is 50.7 Å². The molecule has 0 N–H and O–H groups in total. The van der Waals surface area contributed by atoms with E-state index >= 15 is 0 Å². The highest BCUT2D eigenvalue weighted by Crippen LogP contribution is 2.46. The van der Waals surface area contributed by atoms with Crippen molar-refractivity contribution in [1.29, 1.82) is 0 Å². The number of hydrogen-bond acceptors (Lipinski definition) is 0. The zero-order chi connectivity index (χ0) is 11.1. The molecule has 0 saturated heterocycles. The normalized spacial score (nSPS) is 20.4. The van der Waals surface area contributed by atoms with E-state index in [1.54, 1.807) is 12.1 Å². The lowest BCUT2D eigenvalue weighted by atomic mass is 9.74. The molecule has 1 aromatic rings. The molecule has 0 aliphatic heterocycles. The Bertz CT molecular complexity index is 366. The molecule has 0 bridgehead atoms. The van der Waals surface area contributed by atoms with Gasteiger partial charge in [-0.25, -0.2) is 4.39 Å². The third-order valence-electron chi connectivity index (χ3n) is 4.04. The number of fused-ring (bicyclic) bond motifs is 1. The van der Waals surface area contributed by atoms with Gasteiger partial charge < -0.3 is 0 Å². The van der Waals surface area contributed by atoms with Gasteiger partial charge in [-0.05, 0) is 47.4 Å². The van der Waals surface area contributed by atoms with Crippen LogP contribution in [-0.2, 0) is 6.42 Å². The molecule has 2 rings (SSSR count). The third-order valence-corrected chi connectivity index (χ3v) is 4.04. The molecule has 1 heteroatoms. The summed E-state index contributed by atoms with van der Waals surface area (Å²) in [6.07, 6.45) is 3.40. The van der Waals surface area contributed by atoms with E-state index in [-0.39, 0.29) is 5.82 Å². The average Bonchev–Trinajstić information content (AvgIpc) is 2.61. The summed E-state index contributed by atoms with van der Waals surface area (Å²) in [4.78, 5) is 0. The highest BCUT2D eigenvalue weighted by molar-refractivity contribution is 5.36. The molecule has 0 saturated carbocycles. The first-order valence-electron chi connectivity index (χ1n) is 5.83. The molecular weight excluding hydrogens is 187 g/mol. The molecule has 1 aromatic carbocycles. The second-order valence-corrected chi connectivity index (χ2v) is 5.28. The minimum absolute atomic E-state index is 0.0938. The number of halogens is 1. The van der Waals surface area contributed by atoms with Crippen LogP contribution in [0.4, 0.5) is 4.39 Å². The highest BCUT2D eigenvalue weighted by Gasteiger charge is 2.34. The van der Waals surface area contributed by atoms with E-state index in [0.717, 1.165) is 6.42 Å². The fourth-order valence-corrected chi connectivity index (χ4v) is 2.64. The molecule has 1 atom stereocenters. The first kappa shape index (κ1) is 10.7. The van der Waals surface area contributed by atoms with Crippen molar-refractivity contribution in [2.45, 2.75) is 46.0 Å². The lowest BCUT2D eigenvalue weighted by Crippen LogP contribution is -2.19. The molecule has 0 nitrogen and oxygen atoms in total. The molecule has 0 spiro atoms. The summed E-state index contributed by atoms with van der Waals surface area (Å²) in [6, 6.07) is 5.30. The first-order valence-corrected chi connectivity index (χ1v) is 5.83. The standard InChI is InChI=1S/C14H19F/c1-4-14(2,3)13-8-5-10-9-11(15)6-7-12(10)13/h6-7,9,13H,4-5,8H2,1-3H3. The van der Waals surface area contributed by atoms with Gasteiger partial charge in [0.1, 0.15) is 5.82 Å². The number of benzene rings is 1. The molecule has 0 aromatic heterocycles. The molecule has 15 heavy (non-hydrogen) atoms. The van der Waals surface area contributed by atoms with Crippen molar-refractivity contribution >= 4 is 0 Å². The molecule has 0 fully saturated rings. The maximum atomic E-state index is 13.1. The van der Waals surface area contributed by atoms with E-state index in [9.17, 15) is 4.39 Å². The van der Waals surface area contributed by atoms with Gasteiger partial charge in [0.05, 0.1) is 0 Å². The number of hydrogen-bond donors (Lipinski definition) is 0. The minimum Gasteiger partial charge on any atom is -0.207 e. The Morgan fingerprint density at radius 2 is 2.13 bits per heavy atom. The van der Waals surface area contributed by atoms with Gasteiger partial charge in [-0.15, -0.1) is 0 Å². The fraction of sp³-hybridized carbons (Fsp3) is 0.571. The Morgan fingerprint density at radius 3 is 2.80 bits per heavy atom. The zero-order valence-electron chi connectivity index (χ0n) is 9.81. The summed E-state index contributed by atoms with van der Waals surface area (Å²) in [6.45, 7) is 6.87. The third kappa shape index (κ3) is 1.80. The summed E-state index contributed by atoms with van der Waals surface area (Å²) < 4.78 is 13.1. The molecular formula is C14H19F. The van der Waals surface area contributed by atoms with Gasteiger partial charge in [0, 0.05) is 0 Å². The fourth-order valence-electron chi connectivity index (χ4n) is 2.64. The van der Waals surface area contributed by atoms with Crippen LogP contribution in [0.15, 0.2) is 18.2 Å². The molecule has 82 valence electrons. The smallest absolute Gasteiger partial charge is 0.123 e. The van der Waals surface area contributed by atoms with Crippen LogP contribution >= 0.6 is 0 Å². The van der Waals surface area contributed by atoms with Crippen molar-refractivity contribution in [2.24, 2.45) is 5.41 Å². The van der Waals surface area contributed by atoms with Crippen molar-refractivity contribution in [3.8, 4) is 0 Å². The Morgan fingerprint density at radius 1 is 1.40 bits per heavy atom. The minimum atomic E-state index is -0.0938. The molecule has 1 aliphatic rings. The van der Waals surface area contributed by atoms with Crippen LogP contribution < -0.4 is 0 Å². The van der Waals surface area contributed by atoms with E-state index in [1.165, 1.54) is 24.0 Å². The Kier molecular flexibility index (Phi) is 2.57. The van der Waals surface area contributed by atoms with E-state index in [1.807, 2.05) is 6.07 Å². The largest absolute Gasteiger partial charge is 0.207 e. The summed E-state index contributed by atoms with van der Waals surface area (Å²) in [7, 11) is 0. The van der Waals surface area contributed by atoms with Crippen LogP contribution in [0, 0.1) is 11.2 Å². The number of rotatable bonds is 2. The Labute approximate surface area is 91.5 Å². The van der Waals surface area contributed by atoms with E-state index in [4.69, 9.17) is 0 Å². The zero-order valence-corrected chi connectivity index (χ0v) is 9.81. The summed E-state index contributed by atoms with van der Waals surface area (Å²) >= 11 is 0. The monoisotopic (exact) mass is 206 g/mol. The van der Waals surface area contributed by atoms with Crippen molar-refractivity contribution in [1.82, 2.24) is 0 Å². The second kappa shape index (κ2) is 3.62. The van der Waals surface area contributed by atoms with Gasteiger partial charge in [0.2, 0.25) is 0 Å². The molecule has 1 aliphatic carbocycles. The Hall–Kier alpha value is -0.850. The van der Waals surface area contributed by atoms with Crippen molar-refractivity contribution < 1.29 is 4.39 Å². The molecule has 0 radical (unpaired) electrons. The summed E-state index contributed by atoms with van der Waals surface area (Å²) in [5.41, 5.74) is 2.94. The van der Waals surface area contributed by atoms with Crippen molar-refractivity contribution in [3.63, 3.8) is 0 Å². The quantitative estimate of drug-likeness (QED) is 0.677. The molecule has 1 unspecified atom stereocenters. The predicted octanol–water partition coefficient (Wildman–Crippen LogP) is 4.29. The van der Waals surface area contributed by atoms with E-state index < -0.39 is 0 Å². The lowest BCUT2D eigenvalue weighted by Gasteiger charge is -2.31. The van der Waals surface area contributed by atoms with Crippen LogP contribution in [0.2, 0.25) is 0 Å². The van der Waals surface area contributed by atoms with Gasteiger partial charge in [-0.3, -0.25) is 0 Å². The van der Waals surface area contributed by atoms with Crippen molar-refractivity contribution in [3.05, 3.63) is 35.1 Å². The van der Waals surface area contributed by atoms with Gasteiger partial charge in [-0.1, -0.05) is 33.3 Å². The Balaban J connectivity index is 2.37. The molecule has 0 amide bonds. The van der Waals surface area contributed by atoms with Crippen LogP contribution in [0.3, 0.4) is 0 Å². The SMILES string of the molecule is CCC(C)(C)C1CCc2cc(F)ccc21. The summed E-state index contributed by atoms with van der Waals surface area (Å²) in [5.74, 6) is 0.516. The van der Waals surface area contributed by atoms with Gasteiger partial charge in [0.25, 0.3) is 0 Å². The van der Waals surface area contributed by atoms with Crippen LogP contribution in [0.25, 0.3) is 0 Å². The second-order valence-electron chi connectivity index (χ2n) is 5.28. The van der Waals surface area contributed by atoms with Crippen LogP contribution in [0.5, 0.6) is 0 Å². The first-order chi connectivity index (χ1) is 7.04. The van der Waals surface area contributed by atoms with Gasteiger partial charge in [0.15, 0.2) is 0 Å². The van der Waals surface area contributed by atoms with E-state index in [0.29, 0.717) is 11.3 Å². The van der Waals surface area contributed by atoms with Crippen LogP contribution in [-0.4, -0.2) is 0 Å². The topological polar surface area (TPSA) is 0 Å². The predicted molar refractivity (Wildman–Crippen MR) is 61.5 cm³/mol. The van der Waals surface area contributed by atoms with Gasteiger partial charge >= 0.3 is 0 Å². The maximum Gasteiger partial charge on any atom is 0.123 e. The summed E-state index contributed by atoms with van der Waals surface area (Å²) in [5, 5.41) is 0. The molecule has 0 heterocycles. The number of aryl methyl sites for hydroxylation is 1. The van der Waals surface area contributed by atoms with Crippen molar-refractivity contribution in [2.75, 3.05) is 0 Å². The van der Waals surface area contributed by atoms with Gasteiger partial charge in [-0.2, -0.15) is 0 Å². The maximum absolute atomic E-state index is 13.1. The lowest BCUT2D eigenvalue weighted by molar-refractivity contribution is 0.272.